The normalized spacial score (nSPS) is 11.2. The molecule has 0 heterocycles. The Morgan fingerprint density at radius 2 is 1.10 bits per heavy atom. The second-order valence-corrected chi connectivity index (χ2v) is 6.46. The maximum Gasteiger partial charge on any atom is 0.217 e. The van der Waals surface area contributed by atoms with Crippen LogP contribution in [-0.4, -0.2) is 72.3 Å². The lowest BCUT2D eigenvalue weighted by molar-refractivity contribution is -0.870. The zero-order valence-electron chi connectivity index (χ0n) is 12.9. The van der Waals surface area contributed by atoms with Crippen LogP contribution < -0.4 is 6.15 Å². The Hall–Kier alpha value is -0.340. The van der Waals surface area contributed by atoms with Gasteiger partial charge in [0.05, 0.1) is 41.9 Å². The second kappa shape index (κ2) is 12.4. The molecule has 0 unspecified atom stereocenters. The first kappa shape index (κ1) is 27.9. The van der Waals surface area contributed by atoms with Crippen LogP contribution in [0.15, 0.2) is 0 Å². The van der Waals surface area contributed by atoms with E-state index >= 15 is 0 Å². The molecule has 0 aliphatic carbocycles. The topological polar surface area (TPSA) is 169 Å². The quantitative estimate of drug-likeness (QED) is 0.411. The molecule has 0 aromatic rings. The third-order valence-corrected chi connectivity index (χ3v) is 2.12. The highest BCUT2D eigenvalue weighted by Gasteiger charge is 2.01. The summed E-state index contributed by atoms with van der Waals surface area (Å²) in [4.78, 5) is 0. The minimum Gasteiger partial charge on any atom is -0.726 e. The third-order valence-electron chi connectivity index (χ3n) is 1.30. The van der Waals surface area contributed by atoms with Crippen LogP contribution in [0.5, 0.6) is 0 Å². The van der Waals surface area contributed by atoms with E-state index < -0.39 is 20.8 Å². The van der Waals surface area contributed by atoms with E-state index in [4.69, 9.17) is 0 Å². The third kappa shape index (κ3) is 52.5. The van der Waals surface area contributed by atoms with Gasteiger partial charge in [0.2, 0.25) is 20.8 Å². The van der Waals surface area contributed by atoms with Gasteiger partial charge in [0.15, 0.2) is 0 Å². The molecule has 0 atom stereocenters. The van der Waals surface area contributed by atoms with E-state index in [1.54, 1.807) is 0 Å². The molecular weight excluding hydrogens is 316 g/mol. The van der Waals surface area contributed by atoms with E-state index in [9.17, 15) is 25.9 Å². The molecule has 4 N–H and O–H groups in total. The van der Waals surface area contributed by atoms with Gasteiger partial charge in [-0.2, -0.15) is 0 Å². The summed E-state index contributed by atoms with van der Waals surface area (Å²) in [5, 5.41) is 0. The van der Waals surface area contributed by atoms with Crippen LogP contribution in [-0.2, 0) is 29.2 Å². The zero-order chi connectivity index (χ0) is 16.3. The largest absolute Gasteiger partial charge is 0.726 e. The van der Waals surface area contributed by atoms with Gasteiger partial charge in [-0.25, -0.2) is 16.8 Å². The molecule has 128 valence electrons. The van der Waals surface area contributed by atoms with Gasteiger partial charge in [-0.3, -0.25) is 8.37 Å². The fourth-order valence-electron chi connectivity index (χ4n) is 0.671. The summed E-state index contributed by atoms with van der Waals surface area (Å²) in [5.41, 5.74) is 0. The molecule has 0 saturated heterocycles. The van der Waals surface area contributed by atoms with Crippen molar-refractivity contribution in [3.05, 3.63) is 0 Å². The van der Waals surface area contributed by atoms with Gasteiger partial charge in [0.1, 0.15) is 0 Å². The van der Waals surface area contributed by atoms with Crippen LogP contribution in [0, 0.1) is 0 Å². The smallest absolute Gasteiger partial charge is 0.217 e. The molecule has 0 bridgehead atoms. The Morgan fingerprint density at radius 3 is 1.10 bits per heavy atom. The Kier molecular flexibility index (Phi) is 17.3. The van der Waals surface area contributed by atoms with E-state index in [1.807, 2.05) is 0 Å². The molecule has 12 heteroatoms. The highest BCUT2D eigenvalue weighted by atomic mass is 32.3. The summed E-state index contributed by atoms with van der Waals surface area (Å²) in [6.45, 7) is 3.49. The first-order valence-electron chi connectivity index (χ1n) is 5.01. The fraction of sp³-hybridized carbons (Fsp3) is 1.00. The van der Waals surface area contributed by atoms with E-state index in [0.29, 0.717) is 0 Å². The van der Waals surface area contributed by atoms with Gasteiger partial charge in [-0.05, 0) is 6.42 Å². The van der Waals surface area contributed by atoms with Crippen LogP contribution >= 0.6 is 0 Å². The van der Waals surface area contributed by atoms with Gasteiger partial charge in [-0.1, -0.05) is 6.92 Å². The summed E-state index contributed by atoms with van der Waals surface area (Å²) >= 11 is 0. The van der Waals surface area contributed by atoms with Crippen LogP contribution in [0.2, 0.25) is 0 Å². The van der Waals surface area contributed by atoms with Gasteiger partial charge in [0, 0.05) is 0 Å². The molecule has 0 aromatic heterocycles. The summed E-state index contributed by atoms with van der Waals surface area (Å²) in [7, 11) is -0.573. The first-order valence-corrected chi connectivity index (χ1v) is 7.68. The van der Waals surface area contributed by atoms with Crippen molar-refractivity contribution in [2.75, 3.05) is 41.9 Å². The molecule has 0 aliphatic heterocycles. The standard InChI is InChI=1S/C6H16N.2CH4O4S.H3N/c1-5-6-7(2,3)4;2*1-5-6(2,3)4;/h5-6H2,1-4H3;2*1H3,(H,2,3,4);1H3/q+1;;;/p-1. The summed E-state index contributed by atoms with van der Waals surface area (Å²) in [6.07, 6.45) is 1.28. The minimum absolute atomic E-state index is 0. The van der Waals surface area contributed by atoms with Gasteiger partial charge in [-0.15, -0.1) is 0 Å². The summed E-state index contributed by atoms with van der Waals surface area (Å²) in [6, 6.07) is 0. The minimum atomic E-state index is -4.41. The monoisotopic (exact) mass is 342 g/mol. The van der Waals surface area contributed by atoms with Crippen molar-refractivity contribution in [3.63, 3.8) is 0 Å². The molecule has 0 amide bonds. The molecule has 0 radical (unpaired) electrons. The van der Waals surface area contributed by atoms with Crippen molar-refractivity contribution in [2.45, 2.75) is 13.3 Å². The van der Waals surface area contributed by atoms with Gasteiger partial charge >= 0.3 is 0 Å². The molecule has 10 nitrogen and oxygen atoms in total. The van der Waals surface area contributed by atoms with Crippen molar-refractivity contribution >= 4 is 20.8 Å². The second-order valence-electron chi connectivity index (χ2n) is 4.16. The number of rotatable bonds is 4. The Balaban J connectivity index is -0.0000000941. The van der Waals surface area contributed by atoms with Gasteiger partial charge in [0.25, 0.3) is 0 Å². The van der Waals surface area contributed by atoms with E-state index in [1.165, 1.54) is 13.0 Å². The molecule has 0 rings (SSSR count). The van der Waals surface area contributed by atoms with Crippen LogP contribution in [0.25, 0.3) is 0 Å². The number of hydrogen-bond acceptors (Lipinski definition) is 8. The average molecular weight is 342 g/mol. The highest BCUT2D eigenvalue weighted by Crippen LogP contribution is 1.90. The lowest BCUT2D eigenvalue weighted by Gasteiger charge is -2.22. The lowest BCUT2D eigenvalue weighted by atomic mass is 10.4. The molecule has 0 fully saturated rings. The average Bonchev–Trinajstić information content (AvgIpc) is 2.15. The van der Waals surface area contributed by atoms with E-state index in [0.717, 1.165) is 18.7 Å². The predicted molar refractivity (Wildman–Crippen MR) is 72.6 cm³/mol. The maximum atomic E-state index is 9.22. The van der Waals surface area contributed by atoms with Crippen molar-refractivity contribution in [1.82, 2.24) is 6.15 Å². The maximum absolute atomic E-state index is 9.22. The molecule has 0 saturated carbocycles. The Labute approximate surface area is 121 Å². The lowest BCUT2D eigenvalue weighted by Crippen LogP contribution is -2.34. The molecule has 0 aliphatic rings. The predicted octanol–water partition coefficient (Wildman–Crippen LogP) is -0.335. The molecule has 0 spiro atoms. The number of hydrogen-bond donors (Lipinski definition) is 1. The SMILES string of the molecule is CCC[N+](C)(C)C.COS(=O)(=O)[O-].COS(=O)(=O)[O-].[NH4+]. The number of nitrogens with zero attached hydrogens (tertiary/aromatic N) is 1. The fourth-order valence-corrected chi connectivity index (χ4v) is 0.671. The van der Waals surface area contributed by atoms with Crippen molar-refractivity contribution < 1.29 is 38.8 Å². The Morgan fingerprint density at radius 1 is 0.900 bits per heavy atom. The van der Waals surface area contributed by atoms with E-state index in [2.05, 4.69) is 36.4 Å². The molecule has 0 aromatic carbocycles. The van der Waals surface area contributed by atoms with Crippen LogP contribution in [0.4, 0.5) is 0 Å². The van der Waals surface area contributed by atoms with Crippen LogP contribution in [0.1, 0.15) is 13.3 Å². The highest BCUT2D eigenvalue weighted by molar-refractivity contribution is 7.81. The van der Waals surface area contributed by atoms with Crippen LogP contribution in [0.3, 0.4) is 0 Å². The molecule has 20 heavy (non-hydrogen) atoms. The zero-order valence-corrected chi connectivity index (χ0v) is 14.6. The van der Waals surface area contributed by atoms with Gasteiger partial charge < -0.3 is 19.7 Å². The Bertz CT molecular complexity index is 367. The van der Waals surface area contributed by atoms with Crippen molar-refractivity contribution in [1.29, 1.82) is 0 Å². The molecular formula is C8H26N2O8S2. The van der Waals surface area contributed by atoms with Crippen molar-refractivity contribution in [3.8, 4) is 0 Å². The summed E-state index contributed by atoms with van der Waals surface area (Å²) < 4.78 is 63.1. The van der Waals surface area contributed by atoms with Crippen molar-refractivity contribution in [2.24, 2.45) is 0 Å². The van der Waals surface area contributed by atoms with E-state index in [-0.39, 0.29) is 6.15 Å². The first-order chi connectivity index (χ1) is 8.18. The number of quaternary nitrogens is 2. The summed E-state index contributed by atoms with van der Waals surface area (Å²) in [5.74, 6) is 0.